The van der Waals surface area contributed by atoms with Crippen LogP contribution in [0, 0.1) is 5.92 Å². The molecule has 0 aromatic heterocycles. The van der Waals surface area contributed by atoms with Crippen molar-refractivity contribution in [3.05, 3.63) is 29.8 Å². The highest BCUT2D eigenvalue weighted by molar-refractivity contribution is 5.99. The predicted molar refractivity (Wildman–Crippen MR) is 63.9 cm³/mol. The van der Waals surface area contributed by atoms with E-state index in [1.807, 2.05) is 19.2 Å². The summed E-state index contributed by atoms with van der Waals surface area (Å²) in [7, 11) is 1.84. The molecule has 0 saturated heterocycles. The van der Waals surface area contributed by atoms with E-state index >= 15 is 0 Å². The fraction of sp³-hybridized carbons (Fsp3) is 0.417. The molecule has 1 aromatic carbocycles. The number of carbonyl (C=O) groups excluding carboxylic acids is 1. The Bertz CT molecular complexity index is 388. The standard InChI is InChI=1S/C12H17N3O/c1-15(8-9-6-7-9)12(16)10-4-2-3-5-11(10)14-13/h2-5,9,14H,6-8,13H2,1H3. The summed E-state index contributed by atoms with van der Waals surface area (Å²) >= 11 is 0. The third-order valence-corrected chi connectivity index (χ3v) is 2.89. The fourth-order valence-electron chi connectivity index (χ4n) is 1.77. The fourth-order valence-corrected chi connectivity index (χ4v) is 1.77. The third-order valence-electron chi connectivity index (χ3n) is 2.89. The molecule has 2 rings (SSSR count). The zero-order valence-corrected chi connectivity index (χ0v) is 9.44. The highest BCUT2D eigenvalue weighted by Crippen LogP contribution is 2.30. The molecule has 3 N–H and O–H groups in total. The number of benzene rings is 1. The molecule has 16 heavy (non-hydrogen) atoms. The topological polar surface area (TPSA) is 58.4 Å². The molecule has 1 aliphatic rings. The number of nitrogen functional groups attached to an aromatic ring is 1. The summed E-state index contributed by atoms with van der Waals surface area (Å²) in [6, 6.07) is 7.30. The van der Waals surface area contributed by atoms with E-state index in [1.54, 1.807) is 17.0 Å². The minimum Gasteiger partial charge on any atom is -0.341 e. The first kappa shape index (κ1) is 11.0. The molecule has 0 atom stereocenters. The van der Waals surface area contributed by atoms with E-state index in [2.05, 4.69) is 5.43 Å². The molecule has 0 bridgehead atoms. The average molecular weight is 219 g/mol. The Morgan fingerprint density at radius 1 is 1.50 bits per heavy atom. The number of nitrogens with zero attached hydrogens (tertiary/aromatic N) is 1. The van der Waals surface area contributed by atoms with E-state index in [9.17, 15) is 4.79 Å². The summed E-state index contributed by atoms with van der Waals surface area (Å²) in [5, 5.41) is 0. The van der Waals surface area contributed by atoms with Crippen LogP contribution in [0.2, 0.25) is 0 Å². The van der Waals surface area contributed by atoms with Gasteiger partial charge >= 0.3 is 0 Å². The highest BCUT2D eigenvalue weighted by atomic mass is 16.2. The number of carbonyl (C=O) groups is 1. The lowest BCUT2D eigenvalue weighted by atomic mass is 10.1. The lowest BCUT2D eigenvalue weighted by Crippen LogP contribution is -2.29. The van der Waals surface area contributed by atoms with Crippen LogP contribution < -0.4 is 11.3 Å². The zero-order chi connectivity index (χ0) is 11.5. The molecule has 1 aromatic rings. The van der Waals surface area contributed by atoms with Crippen molar-refractivity contribution in [3.63, 3.8) is 0 Å². The van der Waals surface area contributed by atoms with E-state index in [1.165, 1.54) is 12.8 Å². The van der Waals surface area contributed by atoms with Crippen LogP contribution in [-0.2, 0) is 0 Å². The minimum absolute atomic E-state index is 0.0282. The minimum atomic E-state index is 0.0282. The van der Waals surface area contributed by atoms with Gasteiger partial charge in [-0.3, -0.25) is 10.6 Å². The normalized spacial score (nSPS) is 14.6. The molecule has 0 unspecified atom stereocenters. The Hall–Kier alpha value is -1.55. The Morgan fingerprint density at radius 3 is 2.81 bits per heavy atom. The number of nitrogens with one attached hydrogen (secondary N) is 1. The molecule has 1 aliphatic carbocycles. The summed E-state index contributed by atoms with van der Waals surface area (Å²) in [5.41, 5.74) is 3.86. The zero-order valence-electron chi connectivity index (χ0n) is 9.44. The molecule has 1 fully saturated rings. The lowest BCUT2D eigenvalue weighted by Gasteiger charge is -2.18. The van der Waals surface area contributed by atoms with Gasteiger partial charge in [0.2, 0.25) is 0 Å². The first-order chi connectivity index (χ1) is 7.72. The molecule has 4 nitrogen and oxygen atoms in total. The van der Waals surface area contributed by atoms with E-state index in [0.717, 1.165) is 6.54 Å². The van der Waals surface area contributed by atoms with Crippen molar-refractivity contribution >= 4 is 11.6 Å². The molecule has 4 heteroatoms. The van der Waals surface area contributed by atoms with Gasteiger partial charge in [-0.2, -0.15) is 0 Å². The molecule has 0 spiro atoms. The van der Waals surface area contributed by atoms with Crippen LogP contribution in [0.3, 0.4) is 0 Å². The first-order valence-electron chi connectivity index (χ1n) is 5.53. The van der Waals surface area contributed by atoms with Crippen LogP contribution in [0.4, 0.5) is 5.69 Å². The number of para-hydroxylation sites is 1. The first-order valence-corrected chi connectivity index (χ1v) is 5.53. The Labute approximate surface area is 95.4 Å². The molecule has 0 aliphatic heterocycles. The SMILES string of the molecule is CN(CC1CC1)C(=O)c1ccccc1NN. The van der Waals surface area contributed by atoms with Crippen molar-refractivity contribution in [1.29, 1.82) is 0 Å². The van der Waals surface area contributed by atoms with Crippen molar-refractivity contribution in [1.82, 2.24) is 4.90 Å². The largest absolute Gasteiger partial charge is 0.341 e. The third kappa shape index (κ3) is 2.33. The smallest absolute Gasteiger partial charge is 0.255 e. The highest BCUT2D eigenvalue weighted by Gasteiger charge is 2.25. The van der Waals surface area contributed by atoms with Crippen LogP contribution in [0.25, 0.3) is 0 Å². The summed E-state index contributed by atoms with van der Waals surface area (Å²) in [5.74, 6) is 6.11. The second-order valence-corrected chi connectivity index (χ2v) is 4.32. The van der Waals surface area contributed by atoms with Gasteiger partial charge in [0.05, 0.1) is 11.3 Å². The molecule has 0 radical (unpaired) electrons. The Morgan fingerprint density at radius 2 is 2.19 bits per heavy atom. The van der Waals surface area contributed by atoms with Gasteiger partial charge in [-0.15, -0.1) is 0 Å². The predicted octanol–water partition coefficient (Wildman–Crippen LogP) is 1.45. The van der Waals surface area contributed by atoms with Gasteiger partial charge in [0.25, 0.3) is 5.91 Å². The van der Waals surface area contributed by atoms with Crippen molar-refractivity contribution in [2.75, 3.05) is 19.0 Å². The van der Waals surface area contributed by atoms with Crippen molar-refractivity contribution < 1.29 is 4.79 Å². The molecule has 1 amide bonds. The van der Waals surface area contributed by atoms with Crippen LogP contribution >= 0.6 is 0 Å². The Kier molecular flexibility index (Phi) is 3.10. The van der Waals surface area contributed by atoms with E-state index in [4.69, 9.17) is 5.84 Å². The van der Waals surface area contributed by atoms with Crippen molar-refractivity contribution in [2.24, 2.45) is 11.8 Å². The van der Waals surface area contributed by atoms with E-state index < -0.39 is 0 Å². The second-order valence-electron chi connectivity index (χ2n) is 4.32. The van der Waals surface area contributed by atoms with Gasteiger partial charge in [0.15, 0.2) is 0 Å². The maximum Gasteiger partial charge on any atom is 0.255 e. The summed E-state index contributed by atoms with van der Waals surface area (Å²) in [6.45, 7) is 0.845. The number of hydrogen-bond acceptors (Lipinski definition) is 3. The van der Waals surface area contributed by atoms with E-state index in [-0.39, 0.29) is 5.91 Å². The number of nitrogens with two attached hydrogens (primary N) is 1. The molecule has 86 valence electrons. The van der Waals surface area contributed by atoms with Gasteiger partial charge in [0, 0.05) is 13.6 Å². The molecule has 1 saturated carbocycles. The lowest BCUT2D eigenvalue weighted by molar-refractivity contribution is 0.0789. The van der Waals surface area contributed by atoms with Crippen LogP contribution in [0.5, 0.6) is 0 Å². The maximum absolute atomic E-state index is 12.1. The van der Waals surface area contributed by atoms with Gasteiger partial charge in [-0.1, -0.05) is 12.1 Å². The number of anilines is 1. The number of amides is 1. The summed E-state index contributed by atoms with van der Waals surface area (Å²) in [4.78, 5) is 13.9. The number of rotatable bonds is 4. The molecular formula is C12H17N3O. The van der Waals surface area contributed by atoms with Gasteiger partial charge < -0.3 is 10.3 Å². The quantitative estimate of drug-likeness (QED) is 0.595. The van der Waals surface area contributed by atoms with Gasteiger partial charge in [-0.25, -0.2) is 0 Å². The van der Waals surface area contributed by atoms with Crippen LogP contribution in [-0.4, -0.2) is 24.4 Å². The van der Waals surface area contributed by atoms with Gasteiger partial charge in [-0.05, 0) is 30.9 Å². The van der Waals surface area contributed by atoms with Crippen LogP contribution in [0.15, 0.2) is 24.3 Å². The average Bonchev–Trinajstić information content (AvgIpc) is 3.11. The monoisotopic (exact) mass is 219 g/mol. The summed E-state index contributed by atoms with van der Waals surface area (Å²) < 4.78 is 0. The van der Waals surface area contributed by atoms with Crippen LogP contribution in [0.1, 0.15) is 23.2 Å². The Balaban J connectivity index is 2.11. The summed E-state index contributed by atoms with van der Waals surface area (Å²) in [6.07, 6.45) is 2.49. The van der Waals surface area contributed by atoms with Gasteiger partial charge in [0.1, 0.15) is 0 Å². The maximum atomic E-state index is 12.1. The van der Waals surface area contributed by atoms with Crippen molar-refractivity contribution in [3.8, 4) is 0 Å². The number of hydrogen-bond donors (Lipinski definition) is 2. The van der Waals surface area contributed by atoms with E-state index in [0.29, 0.717) is 17.2 Å². The molecule has 0 heterocycles. The van der Waals surface area contributed by atoms with Crippen molar-refractivity contribution in [2.45, 2.75) is 12.8 Å². The second kappa shape index (κ2) is 4.53. The number of hydrazine groups is 1. The molecular weight excluding hydrogens is 202 g/mol.